The molecule has 1 unspecified atom stereocenters. The number of carbonyl (C=O) groups is 1. The lowest BCUT2D eigenvalue weighted by Crippen LogP contribution is -2.48. The van der Waals surface area contributed by atoms with Crippen LogP contribution in [0.25, 0.3) is 0 Å². The molecule has 154 valence electrons. The summed E-state index contributed by atoms with van der Waals surface area (Å²) in [6, 6.07) is 13.5. The van der Waals surface area contributed by atoms with Gasteiger partial charge in [-0.2, -0.15) is 0 Å². The minimum Gasteiger partial charge on any atom is -0.454 e. The molecule has 1 saturated heterocycles. The van der Waals surface area contributed by atoms with Crippen molar-refractivity contribution in [1.82, 2.24) is 15.1 Å². The maximum Gasteiger partial charge on any atom is 0.231 e. The Hall–Kier alpha value is -2.28. The molecule has 0 aliphatic carbocycles. The summed E-state index contributed by atoms with van der Waals surface area (Å²) in [6.07, 6.45) is 0.341. The van der Waals surface area contributed by atoms with Gasteiger partial charge in [-0.05, 0) is 42.4 Å². The lowest BCUT2D eigenvalue weighted by molar-refractivity contribution is -0.120. The van der Waals surface area contributed by atoms with Crippen molar-refractivity contribution < 1.29 is 14.3 Å². The third kappa shape index (κ3) is 5.01. The molecule has 0 spiro atoms. The number of halogens is 1. The smallest absolute Gasteiger partial charge is 0.231 e. The third-order valence-electron chi connectivity index (χ3n) is 5.53. The Balaban J connectivity index is 1.45. The predicted molar refractivity (Wildman–Crippen MR) is 113 cm³/mol. The van der Waals surface area contributed by atoms with Gasteiger partial charge in [0, 0.05) is 37.7 Å². The van der Waals surface area contributed by atoms with Gasteiger partial charge < -0.3 is 19.7 Å². The van der Waals surface area contributed by atoms with E-state index in [0.29, 0.717) is 18.0 Å². The molecule has 7 heteroatoms. The number of fused-ring (bicyclic) bond motifs is 1. The molecule has 29 heavy (non-hydrogen) atoms. The largest absolute Gasteiger partial charge is 0.454 e. The molecule has 2 aliphatic heterocycles. The fourth-order valence-electron chi connectivity index (χ4n) is 3.77. The highest BCUT2D eigenvalue weighted by Gasteiger charge is 2.26. The van der Waals surface area contributed by atoms with Gasteiger partial charge in [-0.3, -0.25) is 9.69 Å². The first-order valence-corrected chi connectivity index (χ1v) is 10.3. The van der Waals surface area contributed by atoms with E-state index in [4.69, 9.17) is 21.1 Å². The van der Waals surface area contributed by atoms with Crippen LogP contribution in [0.1, 0.15) is 17.2 Å². The molecule has 1 amide bonds. The van der Waals surface area contributed by atoms with Crippen LogP contribution >= 0.6 is 11.6 Å². The van der Waals surface area contributed by atoms with Crippen LogP contribution in [-0.2, 0) is 11.2 Å². The molecule has 6 nitrogen and oxygen atoms in total. The second kappa shape index (κ2) is 9.03. The highest BCUT2D eigenvalue weighted by Crippen LogP contribution is 2.35. The van der Waals surface area contributed by atoms with E-state index in [0.717, 1.165) is 48.8 Å². The molecule has 2 aromatic carbocycles. The molecule has 0 radical (unpaired) electrons. The van der Waals surface area contributed by atoms with Crippen molar-refractivity contribution in [2.24, 2.45) is 0 Å². The summed E-state index contributed by atoms with van der Waals surface area (Å²) in [7, 11) is 2.14. The lowest BCUT2D eigenvalue weighted by Gasteiger charge is -2.38. The van der Waals surface area contributed by atoms with Gasteiger partial charge in [-0.15, -0.1) is 0 Å². The van der Waals surface area contributed by atoms with Gasteiger partial charge in [0.05, 0.1) is 12.5 Å². The zero-order chi connectivity index (χ0) is 20.2. The molecule has 0 aromatic heterocycles. The summed E-state index contributed by atoms with van der Waals surface area (Å²) in [5.74, 6) is 1.55. The van der Waals surface area contributed by atoms with Crippen molar-refractivity contribution in [2.75, 3.05) is 46.6 Å². The van der Waals surface area contributed by atoms with E-state index >= 15 is 0 Å². The van der Waals surface area contributed by atoms with Crippen LogP contribution < -0.4 is 14.8 Å². The third-order valence-corrected chi connectivity index (χ3v) is 5.78. The van der Waals surface area contributed by atoms with Gasteiger partial charge in [-0.25, -0.2) is 0 Å². The first kappa shape index (κ1) is 20.0. The Morgan fingerprint density at radius 3 is 2.55 bits per heavy atom. The lowest BCUT2D eigenvalue weighted by atomic mass is 10.0. The van der Waals surface area contributed by atoms with Gasteiger partial charge in [-0.1, -0.05) is 29.8 Å². The fourth-order valence-corrected chi connectivity index (χ4v) is 3.90. The van der Waals surface area contributed by atoms with Crippen LogP contribution in [0.5, 0.6) is 11.5 Å². The fraction of sp³-hybridized carbons (Fsp3) is 0.409. The molecule has 0 saturated carbocycles. The van der Waals surface area contributed by atoms with Crippen LogP contribution in [0.15, 0.2) is 42.5 Å². The van der Waals surface area contributed by atoms with Gasteiger partial charge in [0.15, 0.2) is 11.5 Å². The number of piperazine rings is 1. The Morgan fingerprint density at radius 2 is 1.79 bits per heavy atom. The van der Waals surface area contributed by atoms with E-state index in [-0.39, 0.29) is 18.7 Å². The van der Waals surface area contributed by atoms with Crippen molar-refractivity contribution in [1.29, 1.82) is 0 Å². The minimum absolute atomic E-state index is 0.00666. The topological polar surface area (TPSA) is 54.0 Å². The summed E-state index contributed by atoms with van der Waals surface area (Å²) in [5, 5.41) is 3.79. The quantitative estimate of drug-likeness (QED) is 0.786. The maximum absolute atomic E-state index is 12.5. The standard InChI is InChI=1S/C22H26ClN3O3/c1-25-8-10-26(11-9-25)19(17-4-7-20-21(13-17)29-15-28-20)14-24-22(27)12-16-2-5-18(23)6-3-16/h2-7,13,19H,8-12,14-15H2,1H3,(H,24,27). The van der Waals surface area contributed by atoms with Crippen molar-refractivity contribution in [3.05, 3.63) is 58.6 Å². The molecule has 2 aromatic rings. The van der Waals surface area contributed by atoms with Crippen molar-refractivity contribution in [3.63, 3.8) is 0 Å². The number of hydrogen-bond acceptors (Lipinski definition) is 5. The zero-order valence-corrected chi connectivity index (χ0v) is 17.3. The Bertz CT molecular complexity index is 851. The van der Waals surface area contributed by atoms with Crippen molar-refractivity contribution in [3.8, 4) is 11.5 Å². The molecule has 2 aliphatic rings. The molecular formula is C22H26ClN3O3. The monoisotopic (exact) mass is 415 g/mol. The maximum atomic E-state index is 12.5. The average molecular weight is 416 g/mol. The van der Waals surface area contributed by atoms with Gasteiger partial charge in [0.1, 0.15) is 0 Å². The first-order chi connectivity index (χ1) is 14.1. The van der Waals surface area contributed by atoms with Crippen molar-refractivity contribution >= 4 is 17.5 Å². The molecule has 0 bridgehead atoms. The first-order valence-electron chi connectivity index (χ1n) is 9.92. The number of likely N-dealkylation sites (N-methyl/N-ethyl adjacent to an activating group) is 1. The summed E-state index contributed by atoms with van der Waals surface area (Å²) in [4.78, 5) is 17.3. The van der Waals surface area contributed by atoms with Crippen LogP contribution in [-0.4, -0.2) is 62.3 Å². The normalized spacial score (nSPS) is 17.9. The second-order valence-corrected chi connectivity index (χ2v) is 8.01. The van der Waals surface area contributed by atoms with E-state index in [9.17, 15) is 4.79 Å². The Morgan fingerprint density at radius 1 is 1.07 bits per heavy atom. The number of nitrogens with zero attached hydrogens (tertiary/aromatic N) is 2. The predicted octanol–water partition coefficient (Wildman–Crippen LogP) is 2.72. The number of hydrogen-bond donors (Lipinski definition) is 1. The van der Waals surface area contributed by atoms with Crippen molar-refractivity contribution in [2.45, 2.75) is 12.5 Å². The van der Waals surface area contributed by atoms with Crippen LogP contribution in [0, 0.1) is 0 Å². The summed E-state index contributed by atoms with van der Waals surface area (Å²) >= 11 is 5.93. The minimum atomic E-state index is 0.00666. The summed E-state index contributed by atoms with van der Waals surface area (Å²) in [6.45, 7) is 4.76. The molecular weight excluding hydrogens is 390 g/mol. The number of ether oxygens (including phenoxy) is 2. The van der Waals surface area contributed by atoms with E-state index in [1.165, 1.54) is 0 Å². The number of carbonyl (C=O) groups excluding carboxylic acids is 1. The molecule has 1 fully saturated rings. The number of rotatable bonds is 6. The Labute approximate surface area is 176 Å². The number of benzene rings is 2. The average Bonchev–Trinajstić information content (AvgIpc) is 3.19. The van der Waals surface area contributed by atoms with E-state index in [1.807, 2.05) is 36.4 Å². The molecule has 1 N–H and O–H groups in total. The number of nitrogens with one attached hydrogen (secondary N) is 1. The van der Waals surface area contributed by atoms with Crippen LogP contribution in [0.3, 0.4) is 0 Å². The second-order valence-electron chi connectivity index (χ2n) is 7.58. The van der Waals surface area contributed by atoms with E-state index < -0.39 is 0 Å². The van der Waals surface area contributed by atoms with E-state index in [2.05, 4.69) is 28.2 Å². The zero-order valence-electron chi connectivity index (χ0n) is 16.6. The summed E-state index contributed by atoms with van der Waals surface area (Å²) in [5.41, 5.74) is 2.08. The molecule has 2 heterocycles. The van der Waals surface area contributed by atoms with Crippen LogP contribution in [0.2, 0.25) is 5.02 Å². The highest BCUT2D eigenvalue weighted by atomic mass is 35.5. The van der Waals surface area contributed by atoms with Crippen LogP contribution in [0.4, 0.5) is 0 Å². The van der Waals surface area contributed by atoms with Gasteiger partial charge in [0.2, 0.25) is 12.7 Å². The SMILES string of the molecule is CN1CCN(C(CNC(=O)Cc2ccc(Cl)cc2)c2ccc3c(c2)OCO3)CC1. The summed E-state index contributed by atoms with van der Waals surface area (Å²) < 4.78 is 11.0. The number of amides is 1. The Kier molecular flexibility index (Phi) is 6.23. The highest BCUT2D eigenvalue weighted by molar-refractivity contribution is 6.30. The van der Waals surface area contributed by atoms with Gasteiger partial charge in [0.25, 0.3) is 0 Å². The van der Waals surface area contributed by atoms with E-state index in [1.54, 1.807) is 0 Å². The molecule has 1 atom stereocenters. The molecule has 4 rings (SSSR count). The van der Waals surface area contributed by atoms with Gasteiger partial charge >= 0.3 is 0 Å².